The van der Waals surface area contributed by atoms with Crippen LogP contribution in [-0.4, -0.2) is 13.5 Å². The molecule has 0 heterocycles. The van der Waals surface area contributed by atoms with Crippen LogP contribution in [0.25, 0.3) is 4.98 Å². The van der Waals surface area contributed by atoms with Crippen molar-refractivity contribution in [3.63, 3.8) is 0 Å². The fourth-order valence-electron chi connectivity index (χ4n) is 3.42. The van der Waals surface area contributed by atoms with Crippen LogP contribution in [0.4, 0.5) is 0 Å². The summed E-state index contributed by atoms with van der Waals surface area (Å²) in [7, 11) is -4.12. The lowest BCUT2D eigenvalue weighted by Crippen LogP contribution is -2.13. The van der Waals surface area contributed by atoms with Gasteiger partial charge in [0.2, 0.25) is 11.2 Å². The van der Waals surface area contributed by atoms with Crippen molar-refractivity contribution in [1.29, 1.82) is 5.39 Å². The van der Waals surface area contributed by atoms with E-state index in [0.717, 1.165) is 12.0 Å². The Morgan fingerprint density at radius 3 is 2.23 bits per heavy atom. The number of rotatable bonds is 5. The first-order chi connectivity index (χ1) is 12.1. The van der Waals surface area contributed by atoms with E-state index in [1.165, 1.54) is 0 Å². The molecule has 5 nitrogen and oxygen atoms in total. The Bertz CT molecular complexity index is 913. The number of aryl methyl sites for hydroxylation is 3. The molecule has 0 saturated heterocycles. The average Bonchev–Trinajstić information content (AvgIpc) is 2.53. The van der Waals surface area contributed by atoms with Crippen LogP contribution >= 0.6 is 0 Å². The van der Waals surface area contributed by atoms with Gasteiger partial charge in [-0.3, -0.25) is 0 Å². The summed E-state index contributed by atoms with van der Waals surface area (Å²) in [6.45, 7) is 7.27. The van der Waals surface area contributed by atoms with Crippen molar-refractivity contribution in [2.45, 2.75) is 51.9 Å². The second-order valence-electron chi connectivity index (χ2n) is 7.13. The van der Waals surface area contributed by atoms with Gasteiger partial charge in [-0.2, -0.15) is 0 Å². The van der Waals surface area contributed by atoms with Gasteiger partial charge in [0.25, 0.3) is 9.84 Å². The van der Waals surface area contributed by atoms with Gasteiger partial charge in [-0.15, -0.1) is 0 Å². The van der Waals surface area contributed by atoms with Crippen LogP contribution in [-0.2, 0) is 9.84 Å². The zero-order chi connectivity index (χ0) is 19.5. The monoisotopic (exact) mass is 373 g/mol. The molecule has 0 aliphatic heterocycles. The van der Waals surface area contributed by atoms with E-state index < -0.39 is 20.6 Å². The van der Waals surface area contributed by atoms with Crippen molar-refractivity contribution < 1.29 is 13.5 Å². The van der Waals surface area contributed by atoms with Crippen LogP contribution in [0.3, 0.4) is 0 Å². The normalized spacial score (nSPS) is 16.9. The van der Waals surface area contributed by atoms with Crippen molar-refractivity contribution in [1.82, 2.24) is 0 Å². The molecule has 1 aromatic carbocycles. The van der Waals surface area contributed by atoms with E-state index in [2.05, 4.69) is 4.98 Å². The fraction of sp³-hybridized carbons (Fsp3) is 0.400. The first kappa shape index (κ1) is 19.9. The number of sulfone groups is 1. The summed E-state index contributed by atoms with van der Waals surface area (Å²) in [6, 6.07) is 3.51. The average molecular weight is 373 g/mol. The van der Waals surface area contributed by atoms with Gasteiger partial charge in [0.15, 0.2) is 4.98 Å². The summed E-state index contributed by atoms with van der Waals surface area (Å²) in [4.78, 5) is 3.01. The highest BCUT2D eigenvalue weighted by Gasteiger charge is 2.39. The molecular weight excluding hydrogens is 348 g/mol. The quantitative estimate of drug-likeness (QED) is 0.433. The molecule has 1 aliphatic carbocycles. The lowest BCUT2D eigenvalue weighted by atomic mass is 9.82. The van der Waals surface area contributed by atoms with E-state index in [1.807, 2.05) is 38.2 Å². The maximum atomic E-state index is 13.0. The number of hydrogen-bond donors (Lipinski definition) is 1. The molecule has 0 saturated carbocycles. The number of hydrogen-bond acceptors (Lipinski definition) is 4. The maximum absolute atomic E-state index is 13.0. The molecule has 0 atom stereocenters. The number of allylic oxidation sites excluding steroid dienone is 5. The number of diazo groups is 1. The Labute approximate surface area is 155 Å². The first-order valence-corrected chi connectivity index (χ1v) is 10.0. The van der Waals surface area contributed by atoms with E-state index >= 15 is 0 Å². The van der Waals surface area contributed by atoms with Crippen molar-refractivity contribution >= 4 is 9.84 Å². The molecule has 1 aromatic rings. The molecule has 26 heavy (non-hydrogen) atoms. The van der Waals surface area contributed by atoms with Gasteiger partial charge in [0, 0.05) is 11.8 Å². The van der Waals surface area contributed by atoms with Gasteiger partial charge in [0.1, 0.15) is 0 Å². The lowest BCUT2D eigenvalue weighted by Gasteiger charge is -2.23. The molecular formula is C20H25N2O3S+. The Morgan fingerprint density at radius 2 is 1.73 bits per heavy atom. The van der Waals surface area contributed by atoms with E-state index in [9.17, 15) is 18.9 Å². The molecule has 1 N–H and O–H groups in total. The predicted octanol–water partition coefficient (Wildman–Crippen LogP) is 5.27. The molecule has 0 fully saturated rings. The van der Waals surface area contributed by atoms with Crippen LogP contribution in [0, 0.1) is 31.6 Å². The third-order valence-corrected chi connectivity index (χ3v) is 6.64. The van der Waals surface area contributed by atoms with E-state index in [-0.39, 0.29) is 16.7 Å². The minimum atomic E-state index is -4.12. The zero-order valence-corrected chi connectivity index (χ0v) is 16.5. The van der Waals surface area contributed by atoms with E-state index in [1.54, 1.807) is 26.0 Å². The summed E-state index contributed by atoms with van der Waals surface area (Å²) in [5.74, 6) is -0.430. The largest absolute Gasteiger partial charge is 0.515 e. The van der Waals surface area contributed by atoms with Gasteiger partial charge >= 0.3 is 5.03 Å². The highest BCUT2D eigenvalue weighted by atomic mass is 32.2. The lowest BCUT2D eigenvalue weighted by molar-refractivity contribution is 0.357. The summed E-state index contributed by atoms with van der Waals surface area (Å²) < 4.78 is 26.0. The summed E-state index contributed by atoms with van der Waals surface area (Å²) in [5, 5.41) is 19.0. The smallest absolute Gasteiger partial charge is 0.504 e. The molecule has 2 rings (SSSR count). The third kappa shape index (κ3) is 4.05. The molecule has 6 heteroatoms. The Kier molecular flexibility index (Phi) is 5.72. The second-order valence-corrected chi connectivity index (χ2v) is 8.93. The Hall–Kier alpha value is -2.39. The topological polar surface area (TPSA) is 82.5 Å². The molecule has 0 radical (unpaired) electrons. The van der Waals surface area contributed by atoms with Gasteiger partial charge in [0.05, 0.1) is 4.90 Å². The van der Waals surface area contributed by atoms with E-state index in [0.29, 0.717) is 17.5 Å². The highest BCUT2D eigenvalue weighted by molar-refractivity contribution is 7.95. The van der Waals surface area contributed by atoms with Crippen LogP contribution in [0.5, 0.6) is 0 Å². The highest BCUT2D eigenvalue weighted by Crippen LogP contribution is 2.34. The molecule has 138 valence electrons. The van der Waals surface area contributed by atoms with Crippen molar-refractivity contribution in [2.24, 2.45) is 5.41 Å². The van der Waals surface area contributed by atoms with Crippen LogP contribution in [0.15, 0.2) is 52.1 Å². The van der Waals surface area contributed by atoms with Gasteiger partial charge in [-0.05, 0) is 44.7 Å². The van der Waals surface area contributed by atoms with Crippen LogP contribution in [0.2, 0.25) is 0 Å². The number of aliphatic hydroxyl groups excluding tert-OH is 1. The first-order valence-electron chi connectivity index (χ1n) is 8.56. The second kappa shape index (κ2) is 7.46. The van der Waals surface area contributed by atoms with Crippen LogP contribution in [0.1, 0.15) is 42.9 Å². The summed E-state index contributed by atoms with van der Waals surface area (Å²) in [5.41, 5.74) is 1.80. The van der Waals surface area contributed by atoms with Gasteiger partial charge in [-0.1, -0.05) is 48.9 Å². The van der Waals surface area contributed by atoms with E-state index in [4.69, 9.17) is 0 Å². The maximum Gasteiger partial charge on any atom is 0.515 e. The minimum absolute atomic E-state index is 0.0751. The van der Waals surface area contributed by atoms with Crippen molar-refractivity contribution in [2.75, 3.05) is 0 Å². The van der Waals surface area contributed by atoms with Gasteiger partial charge < -0.3 is 5.11 Å². The Balaban J connectivity index is 2.41. The fourth-order valence-corrected chi connectivity index (χ4v) is 5.10. The molecule has 0 aromatic heterocycles. The number of aliphatic hydroxyl groups is 1. The number of nitrogens with zero attached hydrogens (tertiary/aromatic N) is 2. The van der Waals surface area contributed by atoms with Crippen molar-refractivity contribution in [3.8, 4) is 0 Å². The predicted molar refractivity (Wildman–Crippen MR) is 103 cm³/mol. The molecule has 0 amide bonds. The van der Waals surface area contributed by atoms with Crippen LogP contribution < -0.4 is 0 Å². The standard InChI is InChI=1S/C20H24N2O3S/c1-14-12-15(2)18(16(3)13-14)26(24,25)19(22-21)17(23)8-11-20(4)9-6-5-7-10-20/h6-7,9-10,12-13H,5,8,11H2,1-4H3/p+1/b19-17+. The molecule has 0 unspecified atom stereocenters. The van der Waals surface area contributed by atoms with Gasteiger partial charge in [-0.25, -0.2) is 8.42 Å². The summed E-state index contributed by atoms with van der Waals surface area (Å²) >= 11 is 0. The minimum Gasteiger partial charge on any atom is -0.504 e. The molecule has 0 spiro atoms. The Morgan fingerprint density at radius 1 is 1.19 bits per heavy atom. The zero-order valence-electron chi connectivity index (χ0n) is 15.7. The SMILES string of the molecule is Cc1cc(C)c(S(=O)(=O)/C([N+]#N)=C(/O)CCC2(C)C=CCC=C2)c(C)c1. The molecule has 1 aliphatic rings. The third-order valence-electron chi connectivity index (χ3n) is 4.64. The van der Waals surface area contributed by atoms with Crippen molar-refractivity contribution in [3.05, 3.63) is 68.9 Å². The number of benzene rings is 1. The molecule has 0 bridgehead atoms. The summed E-state index contributed by atoms with van der Waals surface area (Å²) in [6.07, 6.45) is 9.62.